The Morgan fingerprint density at radius 2 is 1.62 bits per heavy atom. The number of piperazine rings is 1. The molecular formula is C28H32N4O5. The Balaban J connectivity index is 1.34. The number of hydrogen-bond donors (Lipinski definition) is 2. The number of anilines is 1. The lowest BCUT2D eigenvalue weighted by Crippen LogP contribution is -2.49. The van der Waals surface area contributed by atoms with Crippen LogP contribution in [-0.4, -0.2) is 76.6 Å². The molecular weight excluding hydrogens is 472 g/mol. The molecule has 0 bridgehead atoms. The first kappa shape index (κ1) is 24.7. The smallest absolute Gasteiger partial charge is 0.342 e. The molecule has 1 atom stereocenters. The highest BCUT2D eigenvalue weighted by Gasteiger charge is 2.29. The Labute approximate surface area is 216 Å². The third-order valence-corrected chi connectivity index (χ3v) is 7.02. The van der Waals surface area contributed by atoms with Crippen molar-refractivity contribution in [3.05, 3.63) is 77.5 Å². The summed E-state index contributed by atoms with van der Waals surface area (Å²) in [6.45, 7) is 3.71. The van der Waals surface area contributed by atoms with Crippen LogP contribution in [0.15, 0.2) is 60.8 Å². The summed E-state index contributed by atoms with van der Waals surface area (Å²) in [5.74, 6) is 0.920. The van der Waals surface area contributed by atoms with E-state index in [4.69, 9.17) is 9.47 Å². The number of pyridine rings is 1. The second-order valence-corrected chi connectivity index (χ2v) is 9.30. The van der Waals surface area contributed by atoms with E-state index in [1.807, 2.05) is 30.4 Å². The monoisotopic (exact) mass is 504 g/mol. The summed E-state index contributed by atoms with van der Waals surface area (Å²) in [6.07, 6.45) is 6.25. The van der Waals surface area contributed by atoms with Crippen molar-refractivity contribution >= 4 is 11.8 Å². The molecule has 1 unspecified atom stereocenters. The number of rotatable bonds is 8. The maximum absolute atomic E-state index is 13.2. The van der Waals surface area contributed by atoms with E-state index in [9.17, 15) is 15.0 Å². The van der Waals surface area contributed by atoms with E-state index in [-0.39, 0.29) is 18.3 Å². The summed E-state index contributed by atoms with van der Waals surface area (Å²) in [6, 6.07) is 12.8. The van der Waals surface area contributed by atoms with Gasteiger partial charge in [-0.05, 0) is 37.1 Å². The first-order valence-electron chi connectivity index (χ1n) is 12.5. The zero-order valence-electron chi connectivity index (χ0n) is 20.9. The second kappa shape index (κ2) is 11.0. The van der Waals surface area contributed by atoms with Crippen LogP contribution >= 0.6 is 0 Å². The molecule has 0 spiro atoms. The Hall–Kier alpha value is -3.98. The predicted molar refractivity (Wildman–Crippen MR) is 139 cm³/mol. The van der Waals surface area contributed by atoms with Crippen molar-refractivity contribution < 1.29 is 24.5 Å². The molecule has 0 radical (unpaired) electrons. The van der Waals surface area contributed by atoms with Gasteiger partial charge in [-0.25, -0.2) is 9.78 Å². The highest BCUT2D eigenvalue weighted by molar-refractivity contribution is 5.92. The second-order valence-electron chi connectivity index (χ2n) is 9.30. The quantitative estimate of drug-likeness (QED) is 0.357. The van der Waals surface area contributed by atoms with Crippen molar-refractivity contribution in [3.63, 3.8) is 0 Å². The Morgan fingerprint density at radius 3 is 2.27 bits per heavy atom. The molecule has 2 aliphatic rings. The highest BCUT2D eigenvalue weighted by atomic mass is 16.5. The molecule has 1 aliphatic carbocycles. The minimum Gasteiger partial charge on any atom is -0.496 e. The van der Waals surface area contributed by atoms with Gasteiger partial charge in [-0.1, -0.05) is 30.4 Å². The van der Waals surface area contributed by atoms with Gasteiger partial charge in [0, 0.05) is 50.0 Å². The van der Waals surface area contributed by atoms with Crippen LogP contribution in [0.1, 0.15) is 21.5 Å². The average molecular weight is 505 g/mol. The number of methoxy groups -OCH3 is 1. The molecule has 0 amide bonds. The van der Waals surface area contributed by atoms with Gasteiger partial charge in [0.1, 0.15) is 23.2 Å². The number of allylic oxidation sites excluding steroid dienone is 2. The number of hydrogen-bond acceptors (Lipinski definition) is 8. The summed E-state index contributed by atoms with van der Waals surface area (Å²) < 4.78 is 12.8. The molecule has 3 aromatic rings. The molecule has 9 heteroatoms. The fraction of sp³-hybridized carbons (Fsp3) is 0.357. The van der Waals surface area contributed by atoms with Crippen molar-refractivity contribution in [2.45, 2.75) is 25.5 Å². The minimum atomic E-state index is -0.613. The van der Waals surface area contributed by atoms with Crippen LogP contribution < -0.4 is 9.64 Å². The van der Waals surface area contributed by atoms with Crippen LogP contribution in [0, 0.1) is 0 Å². The number of benzene rings is 1. The lowest BCUT2D eigenvalue weighted by molar-refractivity contribution is 0.0134. The van der Waals surface area contributed by atoms with E-state index in [0.29, 0.717) is 30.7 Å². The van der Waals surface area contributed by atoms with E-state index < -0.39 is 12.1 Å². The lowest BCUT2D eigenvalue weighted by Gasteiger charge is -2.37. The molecule has 1 aromatic carbocycles. The highest BCUT2D eigenvalue weighted by Crippen LogP contribution is 2.37. The summed E-state index contributed by atoms with van der Waals surface area (Å²) in [5.41, 5.74) is 1.77. The average Bonchev–Trinajstić information content (AvgIpc) is 3.18. The number of aromatic hydroxyl groups is 2. The topological polar surface area (TPSA) is 100 Å². The molecule has 1 aliphatic heterocycles. The number of fused-ring (bicyclic) bond motifs is 1. The molecule has 37 heavy (non-hydrogen) atoms. The van der Waals surface area contributed by atoms with Crippen LogP contribution in [0.2, 0.25) is 0 Å². The van der Waals surface area contributed by atoms with Crippen molar-refractivity contribution in [2.75, 3.05) is 44.7 Å². The van der Waals surface area contributed by atoms with Gasteiger partial charge in [0.25, 0.3) is 0 Å². The Morgan fingerprint density at radius 1 is 0.946 bits per heavy atom. The lowest BCUT2D eigenvalue weighted by atomic mass is 10.0. The van der Waals surface area contributed by atoms with Gasteiger partial charge >= 0.3 is 5.97 Å². The maximum atomic E-state index is 13.2. The van der Waals surface area contributed by atoms with Crippen LogP contribution in [0.25, 0.3) is 0 Å². The Kier molecular flexibility index (Phi) is 7.32. The fourth-order valence-corrected chi connectivity index (χ4v) is 5.05. The van der Waals surface area contributed by atoms with E-state index >= 15 is 0 Å². The SMILES string of the molecule is COc1ccccc1C(=O)OC(CN1CCN(c2ccccn2)CC1)Cn1c(O)c2c(c1O)CC=CC2. The molecule has 5 rings (SSSR count). The van der Waals surface area contributed by atoms with Gasteiger partial charge in [-0.2, -0.15) is 0 Å². The normalized spacial score (nSPS) is 16.3. The molecule has 194 valence electrons. The Bertz CT molecular complexity index is 1230. The molecule has 2 aromatic heterocycles. The van der Waals surface area contributed by atoms with Gasteiger partial charge < -0.3 is 24.6 Å². The van der Waals surface area contributed by atoms with E-state index in [0.717, 1.165) is 43.1 Å². The zero-order valence-corrected chi connectivity index (χ0v) is 20.9. The number of carbonyl (C=O) groups excluding carboxylic acids is 1. The molecule has 1 fully saturated rings. The molecule has 9 nitrogen and oxygen atoms in total. The predicted octanol–water partition coefficient (Wildman–Crippen LogP) is 3.01. The zero-order chi connectivity index (χ0) is 25.8. The summed E-state index contributed by atoms with van der Waals surface area (Å²) in [5, 5.41) is 21.8. The number of carbonyl (C=O) groups is 1. The largest absolute Gasteiger partial charge is 0.496 e. The third-order valence-electron chi connectivity index (χ3n) is 7.02. The van der Waals surface area contributed by atoms with E-state index in [1.54, 1.807) is 30.5 Å². The number of aromatic nitrogens is 2. The van der Waals surface area contributed by atoms with Crippen LogP contribution in [0.3, 0.4) is 0 Å². The van der Waals surface area contributed by atoms with Gasteiger partial charge in [-0.3, -0.25) is 9.47 Å². The van der Waals surface area contributed by atoms with Gasteiger partial charge in [0.05, 0.1) is 13.7 Å². The molecule has 3 heterocycles. The summed E-state index contributed by atoms with van der Waals surface area (Å²) >= 11 is 0. The van der Waals surface area contributed by atoms with E-state index in [2.05, 4.69) is 14.8 Å². The van der Waals surface area contributed by atoms with Crippen molar-refractivity contribution in [3.8, 4) is 17.5 Å². The maximum Gasteiger partial charge on any atom is 0.342 e. The first-order valence-corrected chi connectivity index (χ1v) is 12.5. The van der Waals surface area contributed by atoms with Crippen LogP contribution in [0.5, 0.6) is 17.5 Å². The number of nitrogens with zero attached hydrogens (tertiary/aromatic N) is 4. The summed E-state index contributed by atoms with van der Waals surface area (Å²) in [7, 11) is 1.51. The third kappa shape index (κ3) is 5.27. The standard InChI is InChI=1S/C28H32N4O5/c1-36-24-11-5-4-10-23(24)28(35)37-20(19-32-26(33)21-8-2-3-9-22(21)27(32)34)18-30-14-16-31(17-15-30)25-12-6-7-13-29-25/h2-7,10-13,20,33-34H,8-9,14-19H2,1H3. The van der Waals surface area contributed by atoms with E-state index in [1.165, 1.54) is 11.7 Å². The van der Waals surface area contributed by atoms with Crippen LogP contribution in [-0.2, 0) is 24.1 Å². The number of ether oxygens (including phenoxy) is 2. The number of para-hydroxylation sites is 1. The van der Waals surface area contributed by atoms with Gasteiger partial charge in [0.2, 0.25) is 0 Å². The summed E-state index contributed by atoms with van der Waals surface area (Å²) in [4.78, 5) is 22.1. The first-order chi connectivity index (χ1) is 18.0. The van der Waals surface area contributed by atoms with Crippen LogP contribution in [0.4, 0.5) is 5.82 Å². The van der Waals surface area contributed by atoms with Crippen molar-refractivity contribution in [2.24, 2.45) is 0 Å². The minimum absolute atomic E-state index is 0.0233. The molecule has 1 saturated heterocycles. The van der Waals surface area contributed by atoms with Crippen molar-refractivity contribution in [1.29, 1.82) is 0 Å². The molecule has 2 N–H and O–H groups in total. The van der Waals surface area contributed by atoms with Gasteiger partial charge in [0.15, 0.2) is 11.8 Å². The number of esters is 1. The molecule has 0 saturated carbocycles. The van der Waals surface area contributed by atoms with Gasteiger partial charge in [-0.15, -0.1) is 0 Å². The fourth-order valence-electron chi connectivity index (χ4n) is 5.05. The van der Waals surface area contributed by atoms with Crippen molar-refractivity contribution in [1.82, 2.24) is 14.5 Å².